The van der Waals surface area contributed by atoms with Gasteiger partial charge in [-0.2, -0.15) is 0 Å². The van der Waals surface area contributed by atoms with E-state index in [0.29, 0.717) is 16.1 Å². The number of thiazole rings is 1. The third-order valence-electron chi connectivity index (χ3n) is 4.70. The van der Waals surface area contributed by atoms with Crippen LogP contribution in [-0.2, 0) is 6.42 Å². The van der Waals surface area contributed by atoms with E-state index < -0.39 is 0 Å². The molecular weight excluding hydrogens is 368 g/mol. The van der Waals surface area contributed by atoms with Gasteiger partial charge in [0.25, 0.3) is 5.91 Å². The fourth-order valence-corrected chi connectivity index (χ4v) is 4.91. The minimum absolute atomic E-state index is 0.0354. The van der Waals surface area contributed by atoms with Gasteiger partial charge in [-0.05, 0) is 37.3 Å². The molecule has 4 rings (SSSR count). The molecule has 1 N–H and O–H groups in total. The van der Waals surface area contributed by atoms with E-state index in [-0.39, 0.29) is 11.9 Å². The number of likely N-dealkylation sites (tertiary alicyclic amines) is 1. The maximum absolute atomic E-state index is 13.2. The van der Waals surface area contributed by atoms with Crippen molar-refractivity contribution in [3.8, 4) is 0 Å². The first kappa shape index (κ1) is 17.5. The second-order valence-corrected chi connectivity index (χ2v) is 8.80. The van der Waals surface area contributed by atoms with E-state index in [1.165, 1.54) is 11.3 Å². The summed E-state index contributed by atoms with van der Waals surface area (Å²) in [7, 11) is 0. The Morgan fingerprint density at radius 2 is 2.19 bits per heavy atom. The molecule has 1 amide bonds. The Balaban J connectivity index is 1.65. The highest BCUT2D eigenvalue weighted by atomic mass is 35.5. The summed E-state index contributed by atoms with van der Waals surface area (Å²) in [6, 6.07) is 7.91. The predicted octanol–water partition coefficient (Wildman–Crippen LogP) is 4.85. The predicted molar refractivity (Wildman–Crippen MR) is 105 cm³/mol. The molecule has 0 radical (unpaired) electrons. The molecule has 2 aromatic heterocycles. The summed E-state index contributed by atoms with van der Waals surface area (Å²) < 4.78 is 0.434. The van der Waals surface area contributed by atoms with Gasteiger partial charge in [0.1, 0.15) is 11.5 Å². The first-order chi connectivity index (χ1) is 12.5. The number of amides is 1. The topological polar surface area (TPSA) is 61.9 Å². The lowest BCUT2D eigenvalue weighted by atomic mass is 10.1. The Morgan fingerprint density at radius 1 is 1.38 bits per heavy atom. The van der Waals surface area contributed by atoms with Gasteiger partial charge < -0.3 is 9.88 Å². The lowest BCUT2D eigenvalue weighted by molar-refractivity contribution is 0.0724. The number of carbonyl (C=O) groups is 1. The number of nitrogens with zero attached hydrogens (tertiary/aromatic N) is 3. The van der Waals surface area contributed by atoms with E-state index in [9.17, 15) is 4.79 Å². The van der Waals surface area contributed by atoms with Crippen LogP contribution in [0.25, 0.3) is 11.0 Å². The van der Waals surface area contributed by atoms with E-state index in [2.05, 4.69) is 23.8 Å². The first-order valence-corrected chi connectivity index (χ1v) is 10.1. The van der Waals surface area contributed by atoms with Crippen molar-refractivity contribution in [2.45, 2.75) is 39.2 Å². The van der Waals surface area contributed by atoms with Crippen molar-refractivity contribution < 1.29 is 4.79 Å². The van der Waals surface area contributed by atoms with Crippen LogP contribution in [0.4, 0.5) is 0 Å². The van der Waals surface area contributed by atoms with Gasteiger partial charge in [0.05, 0.1) is 17.1 Å². The average Bonchev–Trinajstić information content (AvgIpc) is 3.30. The van der Waals surface area contributed by atoms with Crippen LogP contribution in [0.5, 0.6) is 0 Å². The van der Waals surface area contributed by atoms with Crippen LogP contribution in [0.1, 0.15) is 53.9 Å². The zero-order valence-electron chi connectivity index (χ0n) is 14.8. The second kappa shape index (κ2) is 7.00. The Morgan fingerprint density at radius 3 is 2.96 bits per heavy atom. The van der Waals surface area contributed by atoms with Crippen LogP contribution in [-0.4, -0.2) is 32.3 Å². The van der Waals surface area contributed by atoms with E-state index in [4.69, 9.17) is 16.6 Å². The summed E-state index contributed by atoms with van der Waals surface area (Å²) in [5.74, 6) is 1.26. The molecule has 0 bridgehead atoms. The van der Waals surface area contributed by atoms with Crippen molar-refractivity contribution in [1.29, 1.82) is 0 Å². The minimum Gasteiger partial charge on any atom is -0.340 e. The Kier molecular flexibility index (Phi) is 4.71. The normalized spacial score (nSPS) is 17.5. The van der Waals surface area contributed by atoms with Crippen LogP contribution in [0.2, 0.25) is 4.47 Å². The van der Waals surface area contributed by atoms with E-state index in [1.807, 2.05) is 29.2 Å². The van der Waals surface area contributed by atoms with Crippen molar-refractivity contribution in [3.63, 3.8) is 0 Å². The third kappa shape index (κ3) is 3.23. The molecule has 0 spiro atoms. The monoisotopic (exact) mass is 388 g/mol. The van der Waals surface area contributed by atoms with Gasteiger partial charge in [0, 0.05) is 11.4 Å². The largest absolute Gasteiger partial charge is 0.340 e. The van der Waals surface area contributed by atoms with Crippen LogP contribution < -0.4 is 0 Å². The molecular formula is C19H21ClN4OS. The summed E-state index contributed by atoms with van der Waals surface area (Å²) in [4.78, 5) is 28.5. The molecule has 3 aromatic rings. The van der Waals surface area contributed by atoms with E-state index in [0.717, 1.165) is 47.5 Å². The number of hydrogen-bond donors (Lipinski definition) is 1. The SMILES string of the molecule is CC(C)Cc1sc(Cl)nc1C(=O)N1CCCC1c1nc2ccccc2[nH]1. The molecule has 3 heterocycles. The number of para-hydroxylation sites is 2. The van der Waals surface area contributed by atoms with Crippen LogP contribution in [0.15, 0.2) is 24.3 Å². The van der Waals surface area contributed by atoms with Crippen molar-refractivity contribution in [2.75, 3.05) is 6.54 Å². The Labute approximate surface area is 161 Å². The number of H-pyrrole nitrogens is 1. The molecule has 1 unspecified atom stereocenters. The second-order valence-electron chi connectivity index (χ2n) is 7.13. The molecule has 136 valence electrons. The molecule has 5 nitrogen and oxygen atoms in total. The number of aromatic nitrogens is 3. The fourth-order valence-electron chi connectivity index (χ4n) is 3.56. The summed E-state index contributed by atoms with van der Waals surface area (Å²) in [5, 5.41) is 0. The number of halogens is 1. The fraction of sp³-hybridized carbons (Fsp3) is 0.421. The average molecular weight is 389 g/mol. The smallest absolute Gasteiger partial charge is 0.274 e. The van der Waals surface area contributed by atoms with Crippen molar-refractivity contribution in [3.05, 3.63) is 45.1 Å². The van der Waals surface area contributed by atoms with Gasteiger partial charge >= 0.3 is 0 Å². The lowest BCUT2D eigenvalue weighted by Crippen LogP contribution is -2.32. The maximum atomic E-state index is 13.2. The number of fused-ring (bicyclic) bond motifs is 1. The number of hydrogen-bond acceptors (Lipinski definition) is 4. The zero-order valence-corrected chi connectivity index (χ0v) is 16.4. The molecule has 7 heteroatoms. The molecule has 1 aliphatic rings. The Bertz CT molecular complexity index is 915. The summed E-state index contributed by atoms with van der Waals surface area (Å²) in [6.07, 6.45) is 2.68. The number of carbonyl (C=O) groups excluding carboxylic acids is 1. The highest BCUT2D eigenvalue weighted by Crippen LogP contribution is 2.34. The van der Waals surface area contributed by atoms with Crippen molar-refractivity contribution in [1.82, 2.24) is 19.9 Å². The number of imidazole rings is 1. The van der Waals surface area contributed by atoms with Gasteiger partial charge in [0.15, 0.2) is 4.47 Å². The first-order valence-electron chi connectivity index (χ1n) is 8.93. The molecule has 1 aromatic carbocycles. The maximum Gasteiger partial charge on any atom is 0.274 e. The molecule has 0 aliphatic carbocycles. The van der Waals surface area contributed by atoms with E-state index in [1.54, 1.807) is 0 Å². The van der Waals surface area contributed by atoms with Crippen LogP contribution in [0.3, 0.4) is 0 Å². The molecule has 1 aliphatic heterocycles. The summed E-state index contributed by atoms with van der Waals surface area (Å²) in [5.41, 5.74) is 2.44. The highest BCUT2D eigenvalue weighted by molar-refractivity contribution is 7.16. The number of rotatable bonds is 4. The Hall–Kier alpha value is -1.92. The number of benzene rings is 1. The zero-order chi connectivity index (χ0) is 18.3. The van der Waals surface area contributed by atoms with Gasteiger partial charge in [-0.25, -0.2) is 9.97 Å². The van der Waals surface area contributed by atoms with Gasteiger partial charge in [0.2, 0.25) is 0 Å². The van der Waals surface area contributed by atoms with Crippen molar-refractivity contribution in [2.24, 2.45) is 5.92 Å². The summed E-state index contributed by atoms with van der Waals surface area (Å²) in [6.45, 7) is 4.99. The lowest BCUT2D eigenvalue weighted by Gasteiger charge is -2.23. The van der Waals surface area contributed by atoms with Crippen LogP contribution >= 0.6 is 22.9 Å². The molecule has 1 saturated heterocycles. The van der Waals surface area contributed by atoms with Gasteiger partial charge in [-0.3, -0.25) is 4.79 Å². The molecule has 1 atom stereocenters. The molecule has 0 saturated carbocycles. The quantitative estimate of drug-likeness (QED) is 0.694. The highest BCUT2D eigenvalue weighted by Gasteiger charge is 2.35. The summed E-state index contributed by atoms with van der Waals surface area (Å²) >= 11 is 7.54. The van der Waals surface area contributed by atoms with Crippen LogP contribution in [0, 0.1) is 5.92 Å². The minimum atomic E-state index is -0.0396. The van der Waals surface area contributed by atoms with E-state index >= 15 is 0 Å². The van der Waals surface area contributed by atoms with Gasteiger partial charge in [-0.1, -0.05) is 37.6 Å². The van der Waals surface area contributed by atoms with Crippen molar-refractivity contribution >= 4 is 39.9 Å². The molecule has 1 fully saturated rings. The standard InChI is InChI=1S/C19H21ClN4OS/c1-11(2)10-15-16(23-19(20)26-15)18(25)24-9-5-8-14(24)17-21-12-6-3-4-7-13(12)22-17/h3-4,6-7,11,14H,5,8-10H2,1-2H3,(H,21,22). The van der Waals surface area contributed by atoms with Gasteiger partial charge in [-0.15, -0.1) is 11.3 Å². The number of nitrogens with one attached hydrogen (secondary N) is 1. The number of aromatic amines is 1. The third-order valence-corrected chi connectivity index (χ3v) is 5.89. The molecule has 26 heavy (non-hydrogen) atoms.